The first-order valence-electron chi connectivity index (χ1n) is 7.08. The van der Waals surface area contributed by atoms with Crippen LogP contribution in [0.5, 0.6) is 0 Å². The molecule has 0 spiro atoms. The summed E-state index contributed by atoms with van der Waals surface area (Å²) in [5.41, 5.74) is 7.75. The maximum Gasteiger partial charge on any atom is 0.254 e. The molecule has 1 atom stereocenters. The largest absolute Gasteiger partial charge is 0.359 e. The molecule has 3 rings (SSSR count). The van der Waals surface area contributed by atoms with Crippen LogP contribution < -0.4 is 5.73 Å². The summed E-state index contributed by atoms with van der Waals surface area (Å²) in [6, 6.07) is 5.34. The van der Waals surface area contributed by atoms with E-state index >= 15 is 0 Å². The van der Waals surface area contributed by atoms with Gasteiger partial charge in [0.05, 0.1) is 17.4 Å². The van der Waals surface area contributed by atoms with Crippen LogP contribution in [0.2, 0.25) is 0 Å². The zero-order valence-electron chi connectivity index (χ0n) is 12.0. The first-order valence-corrected chi connectivity index (χ1v) is 7.08. The van der Waals surface area contributed by atoms with E-state index in [0.29, 0.717) is 17.8 Å². The molecule has 0 aromatic carbocycles. The van der Waals surface area contributed by atoms with Crippen LogP contribution in [0.25, 0.3) is 0 Å². The Balaban J connectivity index is 1.85. The van der Waals surface area contributed by atoms with E-state index < -0.39 is 0 Å². The van der Waals surface area contributed by atoms with Gasteiger partial charge in [0.15, 0.2) is 5.76 Å². The predicted octanol–water partition coefficient (Wildman–Crippen LogP) is 1.81. The lowest BCUT2D eigenvalue weighted by Crippen LogP contribution is -2.30. The van der Waals surface area contributed by atoms with E-state index in [0.717, 1.165) is 30.8 Å². The van der Waals surface area contributed by atoms with E-state index in [1.165, 1.54) is 0 Å². The summed E-state index contributed by atoms with van der Waals surface area (Å²) in [5.74, 6) is 0.745. The molecule has 21 heavy (non-hydrogen) atoms. The van der Waals surface area contributed by atoms with Gasteiger partial charge in [0.2, 0.25) is 0 Å². The van der Waals surface area contributed by atoms with E-state index in [1.54, 1.807) is 18.3 Å². The standard InChI is InChI=1S/C15H18N4O2/c1-10-7-14(21-18-10)13-3-2-6-19(13)15(20)11-4-5-17-12(8-11)9-16/h4-5,7-8,13H,2-3,6,9,16H2,1H3. The smallest absolute Gasteiger partial charge is 0.254 e. The average molecular weight is 286 g/mol. The van der Waals surface area contributed by atoms with Gasteiger partial charge in [-0.2, -0.15) is 0 Å². The van der Waals surface area contributed by atoms with Crippen LogP contribution in [0.1, 0.15) is 46.4 Å². The maximum absolute atomic E-state index is 12.7. The highest BCUT2D eigenvalue weighted by Gasteiger charge is 2.33. The minimum Gasteiger partial charge on any atom is -0.359 e. The van der Waals surface area contributed by atoms with E-state index in [9.17, 15) is 4.79 Å². The van der Waals surface area contributed by atoms with Crippen molar-refractivity contribution in [3.05, 3.63) is 47.1 Å². The number of amides is 1. The first kappa shape index (κ1) is 13.8. The molecular weight excluding hydrogens is 268 g/mol. The molecule has 6 heteroatoms. The number of likely N-dealkylation sites (tertiary alicyclic amines) is 1. The fourth-order valence-corrected chi connectivity index (χ4v) is 2.73. The molecule has 1 aliphatic rings. The summed E-state index contributed by atoms with van der Waals surface area (Å²) in [6.07, 6.45) is 3.49. The lowest BCUT2D eigenvalue weighted by molar-refractivity contribution is 0.0714. The fraction of sp³-hybridized carbons (Fsp3) is 0.400. The van der Waals surface area contributed by atoms with Crippen molar-refractivity contribution in [2.45, 2.75) is 32.4 Å². The summed E-state index contributed by atoms with van der Waals surface area (Å²) in [4.78, 5) is 18.7. The van der Waals surface area contributed by atoms with Gasteiger partial charge in [-0.15, -0.1) is 0 Å². The van der Waals surface area contributed by atoms with Crippen molar-refractivity contribution in [3.63, 3.8) is 0 Å². The van der Waals surface area contributed by atoms with Gasteiger partial charge < -0.3 is 15.2 Å². The molecule has 1 unspecified atom stereocenters. The molecule has 0 aliphatic carbocycles. The molecule has 2 N–H and O–H groups in total. The summed E-state index contributed by atoms with van der Waals surface area (Å²) in [5, 5.41) is 3.92. The van der Waals surface area contributed by atoms with Gasteiger partial charge in [-0.1, -0.05) is 5.16 Å². The van der Waals surface area contributed by atoms with E-state index in [1.807, 2.05) is 17.9 Å². The number of rotatable bonds is 3. The van der Waals surface area contributed by atoms with Gasteiger partial charge in [-0.25, -0.2) is 0 Å². The third-order valence-electron chi connectivity index (χ3n) is 3.76. The number of pyridine rings is 1. The summed E-state index contributed by atoms with van der Waals surface area (Å²) < 4.78 is 5.33. The molecule has 0 saturated carbocycles. The molecule has 0 bridgehead atoms. The molecule has 2 aromatic heterocycles. The lowest BCUT2D eigenvalue weighted by atomic mass is 10.1. The first-order chi connectivity index (χ1) is 10.2. The van der Waals surface area contributed by atoms with Crippen molar-refractivity contribution in [2.75, 3.05) is 6.54 Å². The zero-order chi connectivity index (χ0) is 14.8. The van der Waals surface area contributed by atoms with Crippen molar-refractivity contribution in [1.82, 2.24) is 15.0 Å². The highest BCUT2D eigenvalue weighted by atomic mass is 16.5. The lowest BCUT2D eigenvalue weighted by Gasteiger charge is -2.22. The van der Waals surface area contributed by atoms with Gasteiger partial charge in [-0.05, 0) is 31.9 Å². The second-order valence-corrected chi connectivity index (χ2v) is 5.27. The van der Waals surface area contributed by atoms with Crippen molar-refractivity contribution in [2.24, 2.45) is 5.73 Å². The minimum atomic E-state index is -0.0341. The monoisotopic (exact) mass is 286 g/mol. The van der Waals surface area contributed by atoms with Crippen LogP contribution >= 0.6 is 0 Å². The highest BCUT2D eigenvalue weighted by molar-refractivity contribution is 5.94. The summed E-state index contributed by atoms with van der Waals surface area (Å²) in [7, 11) is 0. The molecule has 110 valence electrons. The number of nitrogens with zero attached hydrogens (tertiary/aromatic N) is 3. The molecule has 6 nitrogen and oxygen atoms in total. The van der Waals surface area contributed by atoms with Crippen molar-refractivity contribution in [3.8, 4) is 0 Å². The van der Waals surface area contributed by atoms with Crippen LogP contribution in [-0.4, -0.2) is 27.5 Å². The van der Waals surface area contributed by atoms with Crippen LogP contribution in [0.4, 0.5) is 0 Å². The molecule has 2 aromatic rings. The van der Waals surface area contributed by atoms with Gasteiger partial charge in [0, 0.05) is 30.9 Å². The normalized spacial score (nSPS) is 18.2. The highest BCUT2D eigenvalue weighted by Crippen LogP contribution is 2.33. The number of carbonyl (C=O) groups excluding carboxylic acids is 1. The molecule has 3 heterocycles. The fourth-order valence-electron chi connectivity index (χ4n) is 2.73. The second kappa shape index (κ2) is 5.65. The van der Waals surface area contributed by atoms with Gasteiger partial charge in [0.25, 0.3) is 5.91 Å². The number of nitrogens with two attached hydrogens (primary N) is 1. The topological polar surface area (TPSA) is 85.2 Å². The summed E-state index contributed by atoms with van der Waals surface area (Å²) >= 11 is 0. The maximum atomic E-state index is 12.7. The Morgan fingerprint density at radius 1 is 1.52 bits per heavy atom. The van der Waals surface area contributed by atoms with Crippen LogP contribution in [-0.2, 0) is 6.54 Å². The zero-order valence-corrected chi connectivity index (χ0v) is 12.0. The molecule has 1 fully saturated rings. The Kier molecular flexibility index (Phi) is 3.70. The third kappa shape index (κ3) is 2.67. The molecule has 1 aliphatic heterocycles. The number of hydrogen-bond acceptors (Lipinski definition) is 5. The number of hydrogen-bond donors (Lipinski definition) is 1. The molecule has 0 radical (unpaired) electrons. The van der Waals surface area contributed by atoms with Crippen molar-refractivity contribution in [1.29, 1.82) is 0 Å². The Labute approximate surface area is 122 Å². The van der Waals surface area contributed by atoms with Crippen molar-refractivity contribution < 1.29 is 9.32 Å². The second-order valence-electron chi connectivity index (χ2n) is 5.27. The number of aryl methyl sites for hydroxylation is 1. The van der Waals surface area contributed by atoms with E-state index in [4.69, 9.17) is 10.3 Å². The number of carbonyl (C=O) groups is 1. The Morgan fingerprint density at radius 3 is 3.10 bits per heavy atom. The van der Waals surface area contributed by atoms with Gasteiger partial charge in [0.1, 0.15) is 0 Å². The molecular formula is C15H18N4O2. The minimum absolute atomic E-state index is 0.0105. The average Bonchev–Trinajstić information content (AvgIpc) is 3.15. The predicted molar refractivity (Wildman–Crippen MR) is 76.4 cm³/mol. The van der Waals surface area contributed by atoms with Crippen LogP contribution in [0, 0.1) is 6.92 Å². The Hall–Kier alpha value is -2.21. The van der Waals surface area contributed by atoms with Crippen molar-refractivity contribution >= 4 is 5.91 Å². The van der Waals surface area contributed by atoms with Crippen LogP contribution in [0.15, 0.2) is 28.9 Å². The number of aromatic nitrogens is 2. The molecule has 1 saturated heterocycles. The van der Waals surface area contributed by atoms with E-state index in [2.05, 4.69) is 10.1 Å². The quantitative estimate of drug-likeness (QED) is 0.930. The third-order valence-corrected chi connectivity index (χ3v) is 3.76. The van der Waals surface area contributed by atoms with E-state index in [-0.39, 0.29) is 11.9 Å². The SMILES string of the molecule is Cc1cc(C2CCCN2C(=O)c2ccnc(CN)c2)on1. The molecule has 1 amide bonds. The van der Waals surface area contributed by atoms with Crippen LogP contribution in [0.3, 0.4) is 0 Å². The van der Waals surface area contributed by atoms with Gasteiger partial charge in [-0.3, -0.25) is 9.78 Å². The van der Waals surface area contributed by atoms with Gasteiger partial charge >= 0.3 is 0 Å². The Morgan fingerprint density at radius 2 is 2.38 bits per heavy atom. The summed E-state index contributed by atoms with van der Waals surface area (Å²) in [6.45, 7) is 2.93. The Bertz CT molecular complexity index is 653.